The van der Waals surface area contributed by atoms with Crippen LogP contribution in [0.25, 0.3) is 22.2 Å². The zero-order valence-corrected chi connectivity index (χ0v) is 23.4. The van der Waals surface area contributed by atoms with Gasteiger partial charge in [-0.25, -0.2) is 19.7 Å². The number of aryl methyl sites for hydroxylation is 1. The van der Waals surface area contributed by atoms with Crippen molar-refractivity contribution in [3.05, 3.63) is 77.1 Å². The number of pyridine rings is 1. The number of aromatic amines is 1. The van der Waals surface area contributed by atoms with E-state index in [1.54, 1.807) is 12.4 Å². The molecule has 1 aromatic carbocycles. The molecule has 2 amide bonds. The van der Waals surface area contributed by atoms with Crippen LogP contribution in [-0.4, -0.2) is 60.4 Å². The number of rotatable bonds is 3. The van der Waals surface area contributed by atoms with E-state index in [1.807, 2.05) is 43.0 Å². The topological polar surface area (TPSA) is 104 Å². The van der Waals surface area contributed by atoms with E-state index in [9.17, 15) is 9.59 Å². The van der Waals surface area contributed by atoms with Crippen molar-refractivity contribution < 1.29 is 14.3 Å². The third kappa shape index (κ3) is 4.92. The lowest BCUT2D eigenvalue weighted by Crippen LogP contribution is -2.39. The summed E-state index contributed by atoms with van der Waals surface area (Å²) in [5, 5.41) is 1.09. The molecule has 40 heavy (non-hydrogen) atoms. The van der Waals surface area contributed by atoms with Crippen molar-refractivity contribution >= 4 is 23.0 Å². The van der Waals surface area contributed by atoms with Crippen LogP contribution in [0.5, 0.6) is 0 Å². The van der Waals surface area contributed by atoms with Gasteiger partial charge in [-0.15, -0.1) is 0 Å². The van der Waals surface area contributed by atoms with Crippen LogP contribution in [0.15, 0.2) is 49.3 Å². The van der Waals surface area contributed by atoms with Gasteiger partial charge in [-0.05, 0) is 86.9 Å². The molecule has 0 radical (unpaired) electrons. The number of fused-ring (bicyclic) bond motifs is 2. The molecule has 0 bridgehead atoms. The van der Waals surface area contributed by atoms with Gasteiger partial charge in [-0.1, -0.05) is 6.07 Å². The number of H-pyrrole nitrogens is 1. The highest BCUT2D eigenvalue weighted by atomic mass is 16.6. The van der Waals surface area contributed by atoms with Crippen molar-refractivity contribution in [2.24, 2.45) is 0 Å². The van der Waals surface area contributed by atoms with Crippen molar-refractivity contribution in [3.8, 4) is 11.1 Å². The van der Waals surface area contributed by atoms with Gasteiger partial charge in [-0.3, -0.25) is 4.79 Å². The molecule has 0 aliphatic carbocycles. The molecular weight excluding hydrogens is 504 g/mol. The standard InChI is InChI=1S/C31H34N6O3/c1-19-13-34-28-24(19)12-22(16-35-28)21-10-20-7-9-36(29(38)23-14-32-18-33-15-23)17-26(20)25(11-21)27-6-5-8-37(27)30(39)40-31(2,3)4/h10-16,18,27H,5-9,17H2,1-4H3,(H,34,35). The third-order valence-electron chi connectivity index (χ3n) is 7.78. The first-order valence-electron chi connectivity index (χ1n) is 13.8. The van der Waals surface area contributed by atoms with Gasteiger partial charge >= 0.3 is 6.09 Å². The maximum absolute atomic E-state index is 13.3. The summed E-state index contributed by atoms with van der Waals surface area (Å²) in [4.78, 5) is 46.3. The first kappa shape index (κ1) is 26.0. The van der Waals surface area contributed by atoms with Gasteiger partial charge < -0.3 is 19.5 Å². The number of likely N-dealkylation sites (tertiary alicyclic amines) is 1. The van der Waals surface area contributed by atoms with E-state index in [0.29, 0.717) is 31.6 Å². The zero-order valence-electron chi connectivity index (χ0n) is 23.4. The monoisotopic (exact) mass is 538 g/mol. The molecule has 4 aromatic rings. The number of ether oxygens (including phenoxy) is 1. The summed E-state index contributed by atoms with van der Waals surface area (Å²) in [7, 11) is 0. The minimum atomic E-state index is -0.581. The first-order chi connectivity index (χ1) is 19.2. The summed E-state index contributed by atoms with van der Waals surface area (Å²) in [6.07, 6.45) is 10.6. The highest BCUT2D eigenvalue weighted by Crippen LogP contribution is 2.40. The van der Waals surface area contributed by atoms with Crippen LogP contribution in [-0.2, 0) is 17.7 Å². The molecule has 3 aromatic heterocycles. The van der Waals surface area contributed by atoms with Crippen molar-refractivity contribution in [1.29, 1.82) is 0 Å². The zero-order chi connectivity index (χ0) is 28.0. The summed E-state index contributed by atoms with van der Waals surface area (Å²) in [6.45, 7) is 9.44. The Morgan fingerprint density at radius 3 is 2.62 bits per heavy atom. The number of nitrogens with zero attached hydrogens (tertiary/aromatic N) is 5. The fraction of sp³-hybridized carbons (Fsp3) is 0.387. The van der Waals surface area contributed by atoms with Crippen molar-refractivity contribution in [1.82, 2.24) is 29.7 Å². The third-order valence-corrected chi connectivity index (χ3v) is 7.78. The number of carbonyl (C=O) groups excluding carboxylic acids is 2. The van der Waals surface area contributed by atoms with Crippen LogP contribution < -0.4 is 0 Å². The van der Waals surface area contributed by atoms with Crippen LogP contribution in [0.2, 0.25) is 0 Å². The second kappa shape index (κ2) is 10.0. The average Bonchev–Trinajstić information content (AvgIpc) is 3.58. The molecule has 2 aliphatic heterocycles. The molecule has 6 rings (SSSR count). The molecule has 1 atom stereocenters. The number of nitrogens with one attached hydrogen (secondary N) is 1. The highest BCUT2D eigenvalue weighted by molar-refractivity contribution is 5.94. The van der Waals surface area contributed by atoms with Crippen LogP contribution in [0.1, 0.15) is 72.3 Å². The van der Waals surface area contributed by atoms with Crippen LogP contribution in [0, 0.1) is 6.92 Å². The maximum atomic E-state index is 13.3. The molecule has 1 fully saturated rings. The smallest absolute Gasteiger partial charge is 0.410 e. The van der Waals surface area contributed by atoms with Gasteiger partial charge in [0, 0.05) is 55.4 Å². The minimum Gasteiger partial charge on any atom is -0.444 e. The van der Waals surface area contributed by atoms with Crippen LogP contribution in [0.4, 0.5) is 4.79 Å². The largest absolute Gasteiger partial charge is 0.444 e. The fourth-order valence-electron chi connectivity index (χ4n) is 5.85. The molecule has 1 N–H and O–H groups in total. The fourth-order valence-corrected chi connectivity index (χ4v) is 5.85. The molecule has 206 valence electrons. The van der Waals surface area contributed by atoms with Crippen LogP contribution >= 0.6 is 0 Å². The Bertz CT molecular complexity index is 1590. The van der Waals surface area contributed by atoms with E-state index >= 15 is 0 Å². The maximum Gasteiger partial charge on any atom is 0.410 e. The van der Waals surface area contributed by atoms with Gasteiger partial charge in [0.2, 0.25) is 0 Å². The number of aromatic nitrogens is 4. The molecule has 9 heteroatoms. The van der Waals surface area contributed by atoms with Gasteiger partial charge in [0.15, 0.2) is 0 Å². The average molecular weight is 539 g/mol. The number of hydrogen-bond donors (Lipinski definition) is 1. The van der Waals surface area contributed by atoms with Crippen molar-refractivity contribution in [2.45, 2.75) is 65.1 Å². The quantitative estimate of drug-likeness (QED) is 0.364. The molecule has 5 heterocycles. The summed E-state index contributed by atoms with van der Waals surface area (Å²) in [5.74, 6) is -0.0886. The van der Waals surface area contributed by atoms with Gasteiger partial charge in [0.1, 0.15) is 17.6 Å². The van der Waals surface area contributed by atoms with Gasteiger partial charge in [0.25, 0.3) is 5.91 Å². The molecular formula is C31H34N6O3. The lowest BCUT2D eigenvalue weighted by atomic mass is 9.86. The van der Waals surface area contributed by atoms with E-state index in [2.05, 4.69) is 45.1 Å². The number of hydrogen-bond acceptors (Lipinski definition) is 6. The van der Waals surface area contributed by atoms with Crippen LogP contribution in [0.3, 0.4) is 0 Å². The molecule has 2 aliphatic rings. The lowest BCUT2D eigenvalue weighted by molar-refractivity contribution is 0.0222. The Morgan fingerprint density at radius 2 is 1.85 bits per heavy atom. The normalized spacial score (nSPS) is 17.2. The van der Waals surface area contributed by atoms with E-state index in [4.69, 9.17) is 4.74 Å². The Labute approximate surface area is 233 Å². The second-order valence-electron chi connectivity index (χ2n) is 11.7. The molecule has 9 nitrogen and oxygen atoms in total. The summed E-state index contributed by atoms with van der Waals surface area (Å²) >= 11 is 0. The highest BCUT2D eigenvalue weighted by Gasteiger charge is 2.36. The summed E-state index contributed by atoms with van der Waals surface area (Å²) in [5.41, 5.74) is 7.37. The van der Waals surface area contributed by atoms with Crippen molar-refractivity contribution in [3.63, 3.8) is 0 Å². The number of amides is 2. The summed E-state index contributed by atoms with van der Waals surface area (Å²) < 4.78 is 5.80. The first-order valence-corrected chi connectivity index (χ1v) is 13.8. The van der Waals surface area contributed by atoms with E-state index in [-0.39, 0.29) is 18.0 Å². The minimum absolute atomic E-state index is 0.0886. The van der Waals surface area contributed by atoms with E-state index in [0.717, 1.165) is 51.7 Å². The Hall–Kier alpha value is -4.27. The Kier molecular flexibility index (Phi) is 6.52. The van der Waals surface area contributed by atoms with Crippen molar-refractivity contribution in [2.75, 3.05) is 13.1 Å². The number of benzene rings is 1. The van der Waals surface area contributed by atoms with Gasteiger partial charge in [-0.2, -0.15) is 0 Å². The molecule has 1 unspecified atom stereocenters. The Morgan fingerprint density at radius 1 is 1.05 bits per heavy atom. The Balaban J connectivity index is 1.43. The molecule has 0 spiro atoms. The van der Waals surface area contributed by atoms with Gasteiger partial charge in [0.05, 0.1) is 11.6 Å². The lowest BCUT2D eigenvalue weighted by Gasteiger charge is -2.35. The molecule has 0 saturated carbocycles. The predicted octanol–water partition coefficient (Wildman–Crippen LogP) is 5.60. The van der Waals surface area contributed by atoms with E-state index in [1.165, 1.54) is 11.9 Å². The second-order valence-corrected chi connectivity index (χ2v) is 11.7. The number of carbonyl (C=O) groups is 2. The summed E-state index contributed by atoms with van der Waals surface area (Å²) in [6, 6.07) is 6.46. The molecule has 1 saturated heterocycles. The van der Waals surface area contributed by atoms with E-state index < -0.39 is 5.60 Å². The predicted molar refractivity (Wildman–Crippen MR) is 152 cm³/mol. The SMILES string of the molecule is Cc1c[nH]c2ncc(-c3cc4c(c(C5CCCN5C(=O)OC(C)(C)C)c3)CN(C(=O)c3cncnc3)CC4)cc12.